The lowest BCUT2D eigenvalue weighted by atomic mass is 9.88. The van der Waals surface area contributed by atoms with Gasteiger partial charge in [0.25, 0.3) is 0 Å². The van der Waals surface area contributed by atoms with Gasteiger partial charge in [-0.25, -0.2) is 0 Å². The molecule has 3 aromatic rings. The van der Waals surface area contributed by atoms with Crippen LogP contribution in [0.5, 0.6) is 0 Å². The van der Waals surface area contributed by atoms with E-state index in [1.807, 2.05) is 37.3 Å². The molecule has 0 radical (unpaired) electrons. The van der Waals surface area contributed by atoms with Gasteiger partial charge >= 0.3 is 0 Å². The van der Waals surface area contributed by atoms with Gasteiger partial charge in [0.05, 0.1) is 5.52 Å². The molecule has 0 amide bonds. The number of benzene rings is 2. The maximum atomic E-state index is 6.51. The van der Waals surface area contributed by atoms with Crippen LogP contribution in [0.3, 0.4) is 0 Å². The van der Waals surface area contributed by atoms with Gasteiger partial charge in [0.1, 0.15) is 0 Å². The Bertz CT molecular complexity index is 764. The average molecular weight is 341 g/mol. The van der Waals surface area contributed by atoms with E-state index in [1.165, 1.54) is 0 Å². The summed E-state index contributed by atoms with van der Waals surface area (Å²) < 4.78 is 1.06. The number of nitrogens with zero attached hydrogens (tertiary/aromatic N) is 1. The topological polar surface area (TPSA) is 38.9 Å². The van der Waals surface area contributed by atoms with Gasteiger partial charge in [-0.2, -0.15) is 0 Å². The van der Waals surface area contributed by atoms with Crippen molar-refractivity contribution in [3.8, 4) is 0 Å². The molecule has 2 aromatic carbocycles. The SMILES string of the molecule is CC(N)(Cc1ccc2ccccc2n1)c1ccc(Br)cc1. The molecule has 0 aliphatic rings. The number of pyridine rings is 1. The minimum atomic E-state index is -0.434. The highest BCUT2D eigenvalue weighted by molar-refractivity contribution is 9.10. The molecule has 3 heteroatoms. The third-order valence-electron chi connectivity index (χ3n) is 3.71. The van der Waals surface area contributed by atoms with Crippen LogP contribution in [-0.2, 0) is 12.0 Å². The highest BCUT2D eigenvalue weighted by Crippen LogP contribution is 2.24. The predicted octanol–water partition coefficient (Wildman–Crippen LogP) is 4.41. The number of nitrogens with two attached hydrogens (primary N) is 1. The average Bonchev–Trinajstić information content (AvgIpc) is 2.47. The van der Waals surface area contributed by atoms with Gasteiger partial charge in [-0.15, -0.1) is 0 Å². The lowest BCUT2D eigenvalue weighted by Crippen LogP contribution is -2.35. The molecule has 3 rings (SSSR count). The highest BCUT2D eigenvalue weighted by atomic mass is 79.9. The summed E-state index contributed by atoms with van der Waals surface area (Å²) in [6, 6.07) is 20.5. The molecule has 2 nitrogen and oxygen atoms in total. The van der Waals surface area contributed by atoms with Crippen LogP contribution in [0.4, 0.5) is 0 Å². The van der Waals surface area contributed by atoms with Crippen molar-refractivity contribution in [3.63, 3.8) is 0 Å². The normalized spacial score (nSPS) is 14.0. The molecular formula is C18H17BrN2. The van der Waals surface area contributed by atoms with Crippen molar-refractivity contribution in [2.45, 2.75) is 18.9 Å². The van der Waals surface area contributed by atoms with Gasteiger partial charge < -0.3 is 5.73 Å². The molecule has 1 aromatic heterocycles. The fourth-order valence-electron chi connectivity index (χ4n) is 2.52. The molecule has 1 unspecified atom stereocenters. The minimum Gasteiger partial charge on any atom is -0.321 e. The lowest BCUT2D eigenvalue weighted by molar-refractivity contribution is 0.486. The van der Waals surface area contributed by atoms with Gasteiger partial charge in [-0.05, 0) is 36.8 Å². The summed E-state index contributed by atoms with van der Waals surface area (Å²) in [7, 11) is 0. The third kappa shape index (κ3) is 3.14. The Morgan fingerprint density at radius 1 is 1.00 bits per heavy atom. The lowest BCUT2D eigenvalue weighted by Gasteiger charge is -2.25. The van der Waals surface area contributed by atoms with E-state index < -0.39 is 5.54 Å². The first kappa shape index (κ1) is 14.2. The standard InChI is InChI=1S/C18H17BrN2/c1-18(20,14-7-9-15(19)10-8-14)12-16-11-6-13-4-2-3-5-17(13)21-16/h2-11H,12,20H2,1H3. The number of aromatic nitrogens is 1. The van der Waals surface area contributed by atoms with Crippen molar-refractivity contribution in [2.75, 3.05) is 0 Å². The molecule has 0 aliphatic heterocycles. The summed E-state index contributed by atoms with van der Waals surface area (Å²) in [5, 5.41) is 1.16. The number of rotatable bonds is 3. The molecule has 0 spiro atoms. The Hall–Kier alpha value is -1.71. The summed E-state index contributed by atoms with van der Waals surface area (Å²) >= 11 is 3.45. The maximum Gasteiger partial charge on any atom is 0.0705 e. The fraction of sp³-hybridized carbons (Fsp3) is 0.167. The second-order valence-corrected chi connectivity index (χ2v) is 6.51. The summed E-state index contributed by atoms with van der Waals surface area (Å²) in [5.41, 5.74) is 9.22. The molecule has 0 saturated carbocycles. The number of hydrogen-bond acceptors (Lipinski definition) is 2. The van der Waals surface area contributed by atoms with Crippen LogP contribution in [0.1, 0.15) is 18.2 Å². The largest absolute Gasteiger partial charge is 0.321 e. The zero-order chi connectivity index (χ0) is 14.9. The number of para-hydroxylation sites is 1. The second-order valence-electron chi connectivity index (χ2n) is 5.60. The van der Waals surface area contributed by atoms with Crippen LogP contribution >= 0.6 is 15.9 Å². The van der Waals surface area contributed by atoms with Crippen LogP contribution in [-0.4, -0.2) is 4.98 Å². The zero-order valence-electron chi connectivity index (χ0n) is 11.9. The molecule has 0 aliphatic carbocycles. The molecule has 0 bridgehead atoms. The zero-order valence-corrected chi connectivity index (χ0v) is 13.5. The van der Waals surface area contributed by atoms with E-state index >= 15 is 0 Å². The van der Waals surface area contributed by atoms with E-state index in [-0.39, 0.29) is 0 Å². The molecule has 1 atom stereocenters. The van der Waals surface area contributed by atoms with E-state index in [0.29, 0.717) is 6.42 Å². The van der Waals surface area contributed by atoms with E-state index in [1.54, 1.807) is 0 Å². The molecule has 1 heterocycles. The first-order valence-electron chi connectivity index (χ1n) is 6.94. The number of hydrogen-bond donors (Lipinski definition) is 1. The third-order valence-corrected chi connectivity index (χ3v) is 4.24. The number of fused-ring (bicyclic) bond motifs is 1. The van der Waals surface area contributed by atoms with Crippen molar-refractivity contribution >= 4 is 26.8 Å². The van der Waals surface area contributed by atoms with Crippen molar-refractivity contribution in [3.05, 3.63) is 76.4 Å². The Balaban J connectivity index is 1.91. The smallest absolute Gasteiger partial charge is 0.0705 e. The first-order chi connectivity index (χ1) is 10.0. The Morgan fingerprint density at radius 2 is 1.71 bits per heavy atom. The minimum absolute atomic E-state index is 0.434. The molecule has 0 saturated heterocycles. The van der Waals surface area contributed by atoms with Crippen LogP contribution in [0.15, 0.2) is 65.1 Å². The summed E-state index contributed by atoms with van der Waals surface area (Å²) in [6.07, 6.45) is 0.708. The van der Waals surface area contributed by atoms with Gasteiger partial charge in [-0.3, -0.25) is 4.98 Å². The first-order valence-corrected chi connectivity index (χ1v) is 7.73. The van der Waals surface area contributed by atoms with E-state index in [2.05, 4.69) is 46.3 Å². The highest BCUT2D eigenvalue weighted by Gasteiger charge is 2.22. The molecule has 106 valence electrons. The molecule has 21 heavy (non-hydrogen) atoms. The molecule has 2 N–H and O–H groups in total. The predicted molar refractivity (Wildman–Crippen MR) is 91.1 cm³/mol. The van der Waals surface area contributed by atoms with Gasteiger partial charge in [0.2, 0.25) is 0 Å². The monoisotopic (exact) mass is 340 g/mol. The number of halogens is 1. The van der Waals surface area contributed by atoms with E-state index in [0.717, 1.165) is 26.6 Å². The Morgan fingerprint density at radius 3 is 2.48 bits per heavy atom. The fourth-order valence-corrected chi connectivity index (χ4v) is 2.78. The Labute approximate surface area is 133 Å². The van der Waals surface area contributed by atoms with Crippen molar-refractivity contribution < 1.29 is 0 Å². The van der Waals surface area contributed by atoms with Crippen LogP contribution in [0, 0.1) is 0 Å². The molecular weight excluding hydrogens is 324 g/mol. The Kier molecular flexibility index (Phi) is 3.79. The van der Waals surface area contributed by atoms with E-state index in [9.17, 15) is 0 Å². The van der Waals surface area contributed by atoms with Gasteiger partial charge in [-0.1, -0.05) is 52.3 Å². The quantitative estimate of drug-likeness (QED) is 0.766. The van der Waals surface area contributed by atoms with E-state index in [4.69, 9.17) is 10.7 Å². The summed E-state index contributed by atoms with van der Waals surface area (Å²) in [4.78, 5) is 4.71. The molecule has 0 fully saturated rings. The van der Waals surface area contributed by atoms with Gasteiger partial charge in [0, 0.05) is 27.5 Å². The van der Waals surface area contributed by atoms with Crippen molar-refractivity contribution in [1.82, 2.24) is 4.98 Å². The van der Waals surface area contributed by atoms with Crippen molar-refractivity contribution in [2.24, 2.45) is 5.73 Å². The maximum absolute atomic E-state index is 6.51. The summed E-state index contributed by atoms with van der Waals surface area (Å²) in [6.45, 7) is 2.05. The second kappa shape index (κ2) is 5.58. The van der Waals surface area contributed by atoms with Gasteiger partial charge in [0.15, 0.2) is 0 Å². The van der Waals surface area contributed by atoms with Crippen molar-refractivity contribution in [1.29, 1.82) is 0 Å². The summed E-state index contributed by atoms with van der Waals surface area (Å²) in [5.74, 6) is 0. The van der Waals surface area contributed by atoms with Crippen LogP contribution < -0.4 is 5.73 Å². The van der Waals surface area contributed by atoms with Crippen LogP contribution in [0.25, 0.3) is 10.9 Å². The van der Waals surface area contributed by atoms with Crippen LogP contribution in [0.2, 0.25) is 0 Å².